The van der Waals surface area contributed by atoms with Crippen LogP contribution in [0, 0.1) is 6.92 Å². The number of rotatable bonds is 4. The molecule has 0 saturated heterocycles. The van der Waals surface area contributed by atoms with Crippen molar-refractivity contribution in [1.29, 1.82) is 0 Å². The minimum atomic E-state index is -0.0254. The molecule has 2 aromatic rings. The normalized spacial score (nSPS) is 12.2. The molecular formula is C16H21N3. The Balaban J connectivity index is 2.48. The topological polar surface area (TPSA) is 42.2 Å². The van der Waals surface area contributed by atoms with Gasteiger partial charge in [0.1, 0.15) is 5.82 Å². The molecule has 0 aliphatic heterocycles. The predicted molar refractivity (Wildman–Crippen MR) is 80.7 cm³/mol. The number of hydrogen-bond donors (Lipinski definition) is 1. The molecule has 0 saturated carbocycles. The third-order valence-electron chi connectivity index (χ3n) is 3.19. The molecule has 0 amide bonds. The van der Waals surface area contributed by atoms with Crippen molar-refractivity contribution in [1.82, 2.24) is 4.98 Å². The molecule has 0 bridgehead atoms. The van der Waals surface area contributed by atoms with Crippen molar-refractivity contribution < 1.29 is 0 Å². The first-order valence-corrected chi connectivity index (χ1v) is 6.68. The summed E-state index contributed by atoms with van der Waals surface area (Å²) >= 11 is 0. The standard InChI is InChI=1S/C16H21N3/c1-4-19(14-8-5-7-12(2)11-14)16-15(13(3)17)9-6-10-18-16/h5-11,13H,4,17H2,1-3H3/t13-/m0/s1. The summed E-state index contributed by atoms with van der Waals surface area (Å²) in [7, 11) is 0. The van der Waals surface area contributed by atoms with Crippen molar-refractivity contribution in [3.63, 3.8) is 0 Å². The molecule has 0 spiro atoms. The maximum absolute atomic E-state index is 6.05. The van der Waals surface area contributed by atoms with Crippen molar-refractivity contribution in [2.75, 3.05) is 11.4 Å². The lowest BCUT2D eigenvalue weighted by Crippen LogP contribution is -2.21. The van der Waals surface area contributed by atoms with E-state index in [2.05, 4.69) is 48.0 Å². The highest BCUT2D eigenvalue weighted by molar-refractivity contribution is 5.63. The molecule has 0 aliphatic carbocycles. The molecule has 19 heavy (non-hydrogen) atoms. The van der Waals surface area contributed by atoms with Crippen molar-refractivity contribution in [3.8, 4) is 0 Å². The van der Waals surface area contributed by atoms with E-state index in [-0.39, 0.29) is 6.04 Å². The van der Waals surface area contributed by atoms with Crippen LogP contribution in [-0.2, 0) is 0 Å². The number of hydrogen-bond acceptors (Lipinski definition) is 3. The monoisotopic (exact) mass is 255 g/mol. The number of aromatic nitrogens is 1. The van der Waals surface area contributed by atoms with Gasteiger partial charge in [-0.05, 0) is 44.5 Å². The second kappa shape index (κ2) is 5.85. The SMILES string of the molecule is CCN(c1cccc(C)c1)c1ncccc1[C@H](C)N. The van der Waals surface area contributed by atoms with Gasteiger partial charge < -0.3 is 10.6 Å². The maximum atomic E-state index is 6.05. The summed E-state index contributed by atoms with van der Waals surface area (Å²) in [6.45, 7) is 7.08. The first kappa shape index (κ1) is 13.6. The molecule has 100 valence electrons. The van der Waals surface area contributed by atoms with Crippen LogP contribution in [0.2, 0.25) is 0 Å². The van der Waals surface area contributed by atoms with Crippen molar-refractivity contribution in [3.05, 3.63) is 53.7 Å². The van der Waals surface area contributed by atoms with Crippen molar-refractivity contribution >= 4 is 11.5 Å². The van der Waals surface area contributed by atoms with Gasteiger partial charge in [-0.25, -0.2) is 4.98 Å². The van der Waals surface area contributed by atoms with E-state index in [9.17, 15) is 0 Å². The van der Waals surface area contributed by atoms with Gasteiger partial charge in [0.2, 0.25) is 0 Å². The number of pyridine rings is 1. The van der Waals surface area contributed by atoms with Crippen LogP contribution in [-0.4, -0.2) is 11.5 Å². The van der Waals surface area contributed by atoms with Crippen LogP contribution in [0.4, 0.5) is 11.5 Å². The van der Waals surface area contributed by atoms with Gasteiger partial charge in [0.15, 0.2) is 0 Å². The molecule has 2 rings (SSSR count). The highest BCUT2D eigenvalue weighted by atomic mass is 15.2. The number of nitrogens with zero attached hydrogens (tertiary/aromatic N) is 2. The molecule has 3 heteroatoms. The average molecular weight is 255 g/mol. The van der Waals surface area contributed by atoms with Crippen LogP contribution >= 0.6 is 0 Å². The quantitative estimate of drug-likeness (QED) is 0.908. The van der Waals surface area contributed by atoms with E-state index in [1.807, 2.05) is 25.3 Å². The van der Waals surface area contributed by atoms with Crippen LogP contribution in [0.5, 0.6) is 0 Å². The van der Waals surface area contributed by atoms with Gasteiger partial charge in [-0.3, -0.25) is 0 Å². The van der Waals surface area contributed by atoms with Gasteiger partial charge in [-0.15, -0.1) is 0 Å². The zero-order valence-electron chi connectivity index (χ0n) is 11.8. The summed E-state index contributed by atoms with van der Waals surface area (Å²) in [5, 5.41) is 0. The molecule has 3 nitrogen and oxygen atoms in total. The molecule has 1 atom stereocenters. The second-order valence-corrected chi connectivity index (χ2v) is 4.79. The summed E-state index contributed by atoms with van der Waals surface area (Å²) in [5.41, 5.74) is 9.52. The fourth-order valence-electron chi connectivity index (χ4n) is 2.24. The van der Waals surface area contributed by atoms with E-state index in [1.165, 1.54) is 5.56 Å². The minimum absolute atomic E-state index is 0.0254. The highest BCUT2D eigenvalue weighted by Gasteiger charge is 2.15. The molecular weight excluding hydrogens is 234 g/mol. The molecule has 0 aliphatic rings. The third kappa shape index (κ3) is 2.93. The van der Waals surface area contributed by atoms with Crippen molar-refractivity contribution in [2.45, 2.75) is 26.8 Å². The summed E-state index contributed by atoms with van der Waals surface area (Å²) in [6.07, 6.45) is 1.82. The largest absolute Gasteiger partial charge is 0.326 e. The molecule has 1 aromatic carbocycles. The van der Waals surface area contributed by atoms with E-state index in [0.717, 1.165) is 23.6 Å². The van der Waals surface area contributed by atoms with Crippen LogP contribution in [0.1, 0.15) is 31.0 Å². The van der Waals surface area contributed by atoms with E-state index < -0.39 is 0 Å². The summed E-state index contributed by atoms with van der Waals surface area (Å²) in [4.78, 5) is 6.72. The smallest absolute Gasteiger partial charge is 0.137 e. The molecule has 2 N–H and O–H groups in total. The van der Waals surface area contributed by atoms with E-state index in [4.69, 9.17) is 5.73 Å². The van der Waals surface area contributed by atoms with Gasteiger partial charge in [0.25, 0.3) is 0 Å². The lowest BCUT2D eigenvalue weighted by atomic mass is 10.1. The Morgan fingerprint density at radius 1 is 1.26 bits per heavy atom. The zero-order chi connectivity index (χ0) is 13.8. The maximum Gasteiger partial charge on any atom is 0.137 e. The fourth-order valence-corrected chi connectivity index (χ4v) is 2.24. The van der Waals surface area contributed by atoms with Crippen molar-refractivity contribution in [2.24, 2.45) is 5.73 Å². The fraction of sp³-hybridized carbons (Fsp3) is 0.312. The van der Waals surface area contributed by atoms with Gasteiger partial charge in [-0.1, -0.05) is 18.2 Å². The van der Waals surface area contributed by atoms with Crippen LogP contribution in [0.25, 0.3) is 0 Å². The number of aryl methyl sites for hydroxylation is 1. The van der Waals surface area contributed by atoms with Gasteiger partial charge in [-0.2, -0.15) is 0 Å². The summed E-state index contributed by atoms with van der Waals surface area (Å²) < 4.78 is 0. The Kier molecular flexibility index (Phi) is 4.17. The van der Waals surface area contributed by atoms with Crippen LogP contribution in [0.15, 0.2) is 42.6 Å². The average Bonchev–Trinajstić information content (AvgIpc) is 2.40. The van der Waals surface area contributed by atoms with E-state index in [1.54, 1.807) is 0 Å². The zero-order valence-corrected chi connectivity index (χ0v) is 11.8. The van der Waals surface area contributed by atoms with Crippen LogP contribution in [0.3, 0.4) is 0 Å². The first-order chi connectivity index (χ1) is 9.13. The van der Waals surface area contributed by atoms with Gasteiger partial charge in [0, 0.05) is 30.0 Å². The van der Waals surface area contributed by atoms with Gasteiger partial charge in [0.05, 0.1) is 0 Å². The Labute approximate surface area is 115 Å². The molecule has 0 unspecified atom stereocenters. The molecule has 1 heterocycles. The van der Waals surface area contributed by atoms with E-state index in [0.29, 0.717) is 0 Å². The predicted octanol–water partition coefficient (Wildman–Crippen LogP) is 3.57. The molecule has 1 aromatic heterocycles. The van der Waals surface area contributed by atoms with Crippen LogP contribution < -0.4 is 10.6 Å². The first-order valence-electron chi connectivity index (χ1n) is 6.68. The summed E-state index contributed by atoms with van der Waals surface area (Å²) in [5.74, 6) is 0.950. The molecule has 0 fully saturated rings. The second-order valence-electron chi connectivity index (χ2n) is 4.79. The molecule has 0 radical (unpaired) electrons. The van der Waals surface area contributed by atoms with Gasteiger partial charge >= 0.3 is 0 Å². The lowest BCUT2D eigenvalue weighted by molar-refractivity contribution is 0.801. The number of anilines is 2. The number of nitrogens with two attached hydrogens (primary N) is 1. The lowest BCUT2D eigenvalue weighted by Gasteiger charge is -2.26. The number of benzene rings is 1. The Bertz CT molecular complexity index is 549. The third-order valence-corrected chi connectivity index (χ3v) is 3.19. The Morgan fingerprint density at radius 3 is 2.68 bits per heavy atom. The highest BCUT2D eigenvalue weighted by Crippen LogP contribution is 2.29. The Hall–Kier alpha value is -1.87. The Morgan fingerprint density at radius 2 is 2.05 bits per heavy atom. The van der Waals surface area contributed by atoms with E-state index >= 15 is 0 Å². The minimum Gasteiger partial charge on any atom is -0.326 e. The summed E-state index contributed by atoms with van der Waals surface area (Å²) in [6, 6.07) is 12.4.